The number of aliphatic hydroxyl groups is 1. The molecule has 1 saturated heterocycles. The molecular weight excluding hydrogens is 410 g/mol. The molecule has 2 amide bonds. The Morgan fingerprint density at radius 1 is 1.03 bits per heavy atom. The normalized spacial score (nSPS) is 42.4. The molecule has 5 rings (SSSR count). The standard InChI is InChI=1S/C26H34ClNO3/c1-25-13-11-19(29)15-17(25)5-8-20-21(25)12-14-26(2)22(20)9-10-23(30)28(26)24(31)16-3-6-18(27)7-4-16/h3-4,6-7,17,19-22,29H,5,8-15H2,1-2H3/t17?,19-,20+,21-,22-,25-,26-/m0/s1. The Bertz CT molecular complexity index is 885. The van der Waals surface area contributed by atoms with Gasteiger partial charge < -0.3 is 5.11 Å². The number of fused-ring (bicyclic) bond motifs is 5. The van der Waals surface area contributed by atoms with Crippen molar-refractivity contribution in [1.29, 1.82) is 0 Å². The van der Waals surface area contributed by atoms with Gasteiger partial charge in [0.1, 0.15) is 0 Å². The zero-order valence-corrected chi connectivity index (χ0v) is 19.4. The van der Waals surface area contributed by atoms with E-state index in [0.717, 1.165) is 44.9 Å². The zero-order valence-electron chi connectivity index (χ0n) is 18.6. The smallest absolute Gasteiger partial charge is 0.260 e. The Morgan fingerprint density at radius 2 is 1.77 bits per heavy atom. The number of imide groups is 1. The Kier molecular flexibility index (Phi) is 5.25. The van der Waals surface area contributed by atoms with Crippen LogP contribution >= 0.6 is 11.6 Å². The van der Waals surface area contributed by atoms with Crippen molar-refractivity contribution < 1.29 is 14.7 Å². The van der Waals surface area contributed by atoms with Gasteiger partial charge in [0.25, 0.3) is 5.91 Å². The number of rotatable bonds is 1. The lowest BCUT2D eigenvalue weighted by atomic mass is 9.45. The number of likely N-dealkylation sites (tertiary alicyclic amines) is 1. The molecule has 3 aliphatic carbocycles. The van der Waals surface area contributed by atoms with Crippen molar-refractivity contribution in [3.8, 4) is 0 Å². The van der Waals surface area contributed by atoms with Crippen LogP contribution in [0.4, 0.5) is 0 Å². The second kappa shape index (κ2) is 7.59. The number of halogens is 1. The van der Waals surface area contributed by atoms with E-state index < -0.39 is 5.54 Å². The molecule has 0 aromatic heterocycles. The van der Waals surface area contributed by atoms with Crippen LogP contribution in [-0.2, 0) is 4.79 Å². The highest BCUT2D eigenvalue weighted by Gasteiger charge is 2.60. The summed E-state index contributed by atoms with van der Waals surface area (Å²) < 4.78 is 0. The minimum absolute atomic E-state index is 0.0298. The van der Waals surface area contributed by atoms with Crippen molar-refractivity contribution in [3.05, 3.63) is 34.9 Å². The van der Waals surface area contributed by atoms with Gasteiger partial charge in [-0.2, -0.15) is 0 Å². The average molecular weight is 444 g/mol. The summed E-state index contributed by atoms with van der Waals surface area (Å²) in [5.74, 6) is 1.97. The Hall–Kier alpha value is -1.39. The maximum absolute atomic E-state index is 13.5. The molecule has 31 heavy (non-hydrogen) atoms. The second-order valence-corrected chi connectivity index (χ2v) is 11.5. The molecule has 4 nitrogen and oxygen atoms in total. The molecule has 1 aliphatic heterocycles. The van der Waals surface area contributed by atoms with Crippen molar-refractivity contribution in [2.45, 2.75) is 83.3 Å². The summed E-state index contributed by atoms with van der Waals surface area (Å²) >= 11 is 6.02. The first-order valence-corrected chi connectivity index (χ1v) is 12.4. The van der Waals surface area contributed by atoms with Crippen molar-refractivity contribution >= 4 is 23.4 Å². The molecule has 4 fully saturated rings. The van der Waals surface area contributed by atoms with Crippen molar-refractivity contribution in [2.24, 2.45) is 29.1 Å². The van der Waals surface area contributed by atoms with Crippen molar-refractivity contribution in [1.82, 2.24) is 4.90 Å². The molecule has 1 aromatic rings. The highest BCUT2D eigenvalue weighted by molar-refractivity contribution is 6.30. The van der Waals surface area contributed by atoms with Crippen LogP contribution in [0.2, 0.25) is 5.02 Å². The third kappa shape index (κ3) is 3.28. The van der Waals surface area contributed by atoms with Gasteiger partial charge in [0.05, 0.1) is 11.6 Å². The maximum Gasteiger partial charge on any atom is 0.260 e. The summed E-state index contributed by atoms with van der Waals surface area (Å²) in [6.07, 6.45) is 8.46. The minimum Gasteiger partial charge on any atom is -0.393 e. The summed E-state index contributed by atoms with van der Waals surface area (Å²) in [6, 6.07) is 6.91. The second-order valence-electron chi connectivity index (χ2n) is 11.1. The third-order valence-electron chi connectivity index (χ3n) is 9.72. The van der Waals surface area contributed by atoms with Crippen LogP contribution in [0, 0.1) is 29.1 Å². The average Bonchev–Trinajstić information content (AvgIpc) is 2.73. The number of piperidine rings is 1. The lowest BCUT2D eigenvalue weighted by molar-refractivity contribution is -0.162. The van der Waals surface area contributed by atoms with Crippen molar-refractivity contribution in [2.75, 3.05) is 0 Å². The summed E-state index contributed by atoms with van der Waals surface area (Å²) in [5, 5.41) is 10.8. The number of aliphatic hydroxyl groups excluding tert-OH is 1. The quantitative estimate of drug-likeness (QED) is 0.586. The maximum atomic E-state index is 13.5. The monoisotopic (exact) mass is 443 g/mol. The number of carbonyl (C=O) groups excluding carboxylic acids is 2. The highest BCUT2D eigenvalue weighted by Crippen LogP contribution is 2.63. The van der Waals surface area contributed by atoms with Gasteiger partial charge in [0, 0.05) is 17.0 Å². The lowest BCUT2D eigenvalue weighted by Crippen LogP contribution is -2.66. The molecule has 0 radical (unpaired) electrons. The first kappa shape index (κ1) is 21.5. The minimum atomic E-state index is -0.412. The van der Waals surface area contributed by atoms with E-state index in [0.29, 0.717) is 40.7 Å². The van der Waals surface area contributed by atoms with E-state index in [1.54, 1.807) is 29.2 Å². The van der Waals surface area contributed by atoms with E-state index in [9.17, 15) is 14.7 Å². The number of nitrogens with zero attached hydrogens (tertiary/aromatic N) is 1. The fourth-order valence-electron chi connectivity index (χ4n) is 8.08. The Balaban J connectivity index is 1.45. The van der Waals surface area contributed by atoms with Gasteiger partial charge in [0.2, 0.25) is 5.91 Å². The Labute approximate surface area is 190 Å². The van der Waals surface area contributed by atoms with Crippen LogP contribution in [0.15, 0.2) is 24.3 Å². The molecule has 1 N–H and O–H groups in total. The fourth-order valence-corrected chi connectivity index (χ4v) is 8.21. The summed E-state index contributed by atoms with van der Waals surface area (Å²) in [4.78, 5) is 28.2. The Morgan fingerprint density at radius 3 is 2.52 bits per heavy atom. The number of hydrogen-bond acceptors (Lipinski definition) is 3. The molecule has 168 valence electrons. The van der Waals surface area contributed by atoms with E-state index in [1.807, 2.05) is 0 Å². The molecule has 1 heterocycles. The van der Waals surface area contributed by atoms with Gasteiger partial charge in [-0.15, -0.1) is 0 Å². The van der Waals surface area contributed by atoms with Crippen LogP contribution < -0.4 is 0 Å². The van der Waals surface area contributed by atoms with Crippen molar-refractivity contribution in [3.63, 3.8) is 0 Å². The summed E-state index contributed by atoms with van der Waals surface area (Å²) in [6.45, 7) is 4.63. The zero-order chi connectivity index (χ0) is 22.0. The topological polar surface area (TPSA) is 57.6 Å². The van der Waals surface area contributed by atoms with Crippen LogP contribution in [-0.4, -0.2) is 33.5 Å². The number of benzene rings is 1. The van der Waals surface area contributed by atoms with E-state index in [1.165, 1.54) is 6.42 Å². The van der Waals surface area contributed by atoms with Gasteiger partial charge in [0.15, 0.2) is 0 Å². The summed E-state index contributed by atoms with van der Waals surface area (Å²) in [5.41, 5.74) is 0.416. The van der Waals surface area contributed by atoms with Gasteiger partial charge in [-0.05, 0) is 112 Å². The SMILES string of the molecule is C[C@]12CC[C@H](O)CC1CC[C@@H]1[C@@H]2CC[C@@]2(C)[C@H]1CCC(=O)N2C(=O)c1ccc(Cl)cc1. The third-order valence-corrected chi connectivity index (χ3v) is 9.97. The molecule has 4 aliphatic rings. The van der Waals surface area contributed by atoms with Crippen LogP contribution in [0.25, 0.3) is 0 Å². The number of carbonyl (C=O) groups is 2. The molecule has 7 atom stereocenters. The molecule has 5 heteroatoms. The van der Waals surface area contributed by atoms with E-state index in [4.69, 9.17) is 11.6 Å². The summed E-state index contributed by atoms with van der Waals surface area (Å²) in [7, 11) is 0. The van der Waals surface area contributed by atoms with Gasteiger partial charge >= 0.3 is 0 Å². The van der Waals surface area contributed by atoms with Gasteiger partial charge in [-0.25, -0.2) is 0 Å². The highest BCUT2D eigenvalue weighted by atomic mass is 35.5. The van der Waals surface area contributed by atoms with Crippen LogP contribution in [0.5, 0.6) is 0 Å². The van der Waals surface area contributed by atoms with Crippen LogP contribution in [0.1, 0.15) is 82.0 Å². The number of hydrogen-bond donors (Lipinski definition) is 1. The van der Waals surface area contributed by atoms with E-state index in [-0.39, 0.29) is 23.3 Å². The van der Waals surface area contributed by atoms with E-state index >= 15 is 0 Å². The first-order chi connectivity index (χ1) is 14.7. The first-order valence-electron chi connectivity index (χ1n) is 12.0. The molecule has 1 aromatic carbocycles. The fraction of sp³-hybridized carbons (Fsp3) is 0.692. The van der Waals surface area contributed by atoms with Gasteiger partial charge in [-0.3, -0.25) is 14.5 Å². The largest absolute Gasteiger partial charge is 0.393 e. The number of amides is 2. The molecule has 3 saturated carbocycles. The molecule has 0 spiro atoms. The predicted octanol–water partition coefficient (Wildman–Crippen LogP) is 5.46. The van der Waals surface area contributed by atoms with E-state index in [2.05, 4.69) is 13.8 Å². The predicted molar refractivity (Wildman–Crippen MR) is 121 cm³/mol. The van der Waals surface area contributed by atoms with Gasteiger partial charge in [-0.1, -0.05) is 18.5 Å². The molecule has 1 unspecified atom stereocenters. The lowest BCUT2D eigenvalue weighted by Gasteiger charge is -2.63. The van der Waals surface area contributed by atoms with Crippen LogP contribution in [0.3, 0.4) is 0 Å². The molecule has 0 bridgehead atoms. The molecular formula is C26H34ClNO3.